The number of benzene rings is 1. The summed E-state index contributed by atoms with van der Waals surface area (Å²) in [7, 11) is 0. The second-order valence-corrected chi connectivity index (χ2v) is 5.18. The van der Waals surface area contributed by atoms with E-state index in [1.54, 1.807) is 0 Å². The van der Waals surface area contributed by atoms with Gasteiger partial charge in [-0.3, -0.25) is 5.43 Å². The zero-order valence-electron chi connectivity index (χ0n) is 11.1. The molecule has 0 amide bonds. The Balaban J connectivity index is 2.24. The molecule has 0 aromatic heterocycles. The van der Waals surface area contributed by atoms with Crippen molar-refractivity contribution in [1.82, 2.24) is 5.43 Å². The van der Waals surface area contributed by atoms with E-state index in [-0.39, 0.29) is 16.7 Å². The molecule has 2 rings (SSSR count). The number of thiocarbonyl (C=S) groups is 1. The van der Waals surface area contributed by atoms with Crippen LogP contribution in [0.4, 0.5) is 14.5 Å². The van der Waals surface area contributed by atoms with E-state index in [9.17, 15) is 8.78 Å². The average molecular weight is 298 g/mol. The summed E-state index contributed by atoms with van der Waals surface area (Å²) in [4.78, 5) is 1.88. The van der Waals surface area contributed by atoms with Crippen molar-refractivity contribution < 1.29 is 8.78 Å². The molecule has 3 N–H and O–H groups in total. The standard InChI is InChI=1S/C13H16F2N4S/c1-8-3-2-4-19(8)12-6-10(14)9(5-11(12)15)7-17-18-13(16)20/h5-8H,2-4H2,1H3,(H3,16,18,20)/b17-7+. The lowest BCUT2D eigenvalue weighted by Gasteiger charge is -2.24. The fourth-order valence-electron chi connectivity index (χ4n) is 2.33. The summed E-state index contributed by atoms with van der Waals surface area (Å²) in [5, 5.41) is 3.59. The molecule has 1 heterocycles. The fourth-order valence-corrected chi connectivity index (χ4v) is 2.38. The first-order chi connectivity index (χ1) is 9.49. The van der Waals surface area contributed by atoms with Gasteiger partial charge in [0.05, 0.1) is 11.9 Å². The number of halogens is 2. The molecule has 4 nitrogen and oxygen atoms in total. The third kappa shape index (κ3) is 3.22. The molecule has 0 aliphatic carbocycles. The largest absolute Gasteiger partial charge is 0.375 e. The van der Waals surface area contributed by atoms with Gasteiger partial charge in [-0.05, 0) is 38.0 Å². The zero-order valence-corrected chi connectivity index (χ0v) is 11.9. The van der Waals surface area contributed by atoms with Crippen LogP contribution >= 0.6 is 12.2 Å². The number of nitrogens with two attached hydrogens (primary N) is 1. The van der Waals surface area contributed by atoms with Crippen LogP contribution in [0.3, 0.4) is 0 Å². The topological polar surface area (TPSA) is 53.6 Å². The molecule has 0 bridgehead atoms. The highest BCUT2D eigenvalue weighted by Gasteiger charge is 2.24. The Morgan fingerprint density at radius 3 is 2.85 bits per heavy atom. The Labute approximate surface area is 121 Å². The molecule has 1 aromatic rings. The molecule has 108 valence electrons. The normalized spacial score (nSPS) is 18.8. The third-order valence-electron chi connectivity index (χ3n) is 3.31. The molecule has 0 spiro atoms. The summed E-state index contributed by atoms with van der Waals surface area (Å²) in [5.41, 5.74) is 7.82. The Bertz CT molecular complexity index is 547. The van der Waals surface area contributed by atoms with Gasteiger partial charge in [0.25, 0.3) is 0 Å². The number of hydrogen-bond acceptors (Lipinski definition) is 3. The molecule has 1 aliphatic heterocycles. The third-order valence-corrected chi connectivity index (χ3v) is 3.40. The first-order valence-electron chi connectivity index (χ1n) is 6.33. The van der Waals surface area contributed by atoms with Gasteiger partial charge in [-0.1, -0.05) is 0 Å². The average Bonchev–Trinajstić information content (AvgIpc) is 2.79. The smallest absolute Gasteiger partial charge is 0.184 e. The Hall–Kier alpha value is -1.76. The van der Waals surface area contributed by atoms with Gasteiger partial charge < -0.3 is 10.6 Å². The minimum Gasteiger partial charge on any atom is -0.375 e. The lowest BCUT2D eigenvalue weighted by molar-refractivity contribution is 0.589. The molecule has 1 saturated heterocycles. The molecule has 1 aliphatic rings. The van der Waals surface area contributed by atoms with Crippen molar-refractivity contribution in [3.63, 3.8) is 0 Å². The maximum atomic E-state index is 14.1. The Morgan fingerprint density at radius 2 is 2.25 bits per heavy atom. The van der Waals surface area contributed by atoms with E-state index in [4.69, 9.17) is 5.73 Å². The molecular weight excluding hydrogens is 282 g/mol. The lowest BCUT2D eigenvalue weighted by Crippen LogP contribution is -2.27. The predicted octanol–water partition coefficient (Wildman–Crippen LogP) is 2.12. The second kappa shape index (κ2) is 6.13. The quantitative estimate of drug-likeness (QED) is 0.510. The Morgan fingerprint density at radius 1 is 1.50 bits per heavy atom. The Kier molecular flexibility index (Phi) is 4.49. The first kappa shape index (κ1) is 14.6. The molecular formula is C13H16F2N4S. The molecule has 1 aromatic carbocycles. The van der Waals surface area contributed by atoms with Gasteiger partial charge in [0.15, 0.2) is 5.11 Å². The van der Waals surface area contributed by atoms with Crippen molar-refractivity contribution in [3.05, 3.63) is 29.3 Å². The maximum Gasteiger partial charge on any atom is 0.184 e. The molecule has 0 radical (unpaired) electrons. The van der Waals surface area contributed by atoms with E-state index >= 15 is 0 Å². The van der Waals surface area contributed by atoms with Gasteiger partial charge in [-0.2, -0.15) is 5.10 Å². The summed E-state index contributed by atoms with van der Waals surface area (Å²) < 4.78 is 28.1. The number of nitrogens with zero attached hydrogens (tertiary/aromatic N) is 2. The van der Waals surface area contributed by atoms with Crippen LogP contribution in [0.25, 0.3) is 0 Å². The van der Waals surface area contributed by atoms with Crippen molar-refractivity contribution in [2.45, 2.75) is 25.8 Å². The van der Waals surface area contributed by atoms with Gasteiger partial charge in [-0.15, -0.1) is 0 Å². The number of anilines is 1. The molecule has 20 heavy (non-hydrogen) atoms. The minimum absolute atomic E-state index is 0.0374. The highest BCUT2D eigenvalue weighted by molar-refractivity contribution is 7.80. The zero-order chi connectivity index (χ0) is 14.7. The van der Waals surface area contributed by atoms with E-state index in [2.05, 4.69) is 22.7 Å². The van der Waals surface area contributed by atoms with Gasteiger partial charge in [0.1, 0.15) is 11.6 Å². The van der Waals surface area contributed by atoms with E-state index in [1.807, 2.05) is 11.8 Å². The van der Waals surface area contributed by atoms with E-state index in [0.717, 1.165) is 31.7 Å². The summed E-state index contributed by atoms with van der Waals surface area (Å²) in [6.07, 6.45) is 3.13. The summed E-state index contributed by atoms with van der Waals surface area (Å²) in [6, 6.07) is 2.56. The van der Waals surface area contributed by atoms with Crippen molar-refractivity contribution in [2.75, 3.05) is 11.4 Å². The van der Waals surface area contributed by atoms with Crippen LogP contribution in [0.2, 0.25) is 0 Å². The highest BCUT2D eigenvalue weighted by atomic mass is 32.1. The second-order valence-electron chi connectivity index (χ2n) is 4.74. The number of rotatable bonds is 3. The molecule has 7 heteroatoms. The van der Waals surface area contributed by atoms with Crippen LogP contribution in [-0.2, 0) is 0 Å². The number of hydrogen-bond donors (Lipinski definition) is 2. The highest BCUT2D eigenvalue weighted by Crippen LogP contribution is 2.29. The van der Waals surface area contributed by atoms with Gasteiger partial charge >= 0.3 is 0 Å². The summed E-state index contributed by atoms with van der Waals surface area (Å²) in [5.74, 6) is -0.995. The predicted molar refractivity (Wildman–Crippen MR) is 79.9 cm³/mol. The van der Waals surface area contributed by atoms with E-state index in [0.29, 0.717) is 5.69 Å². The molecule has 1 atom stereocenters. The van der Waals surface area contributed by atoms with Gasteiger partial charge in [0.2, 0.25) is 0 Å². The van der Waals surface area contributed by atoms with Crippen molar-refractivity contribution in [1.29, 1.82) is 0 Å². The molecule has 0 saturated carbocycles. The molecule has 1 fully saturated rings. The van der Waals surface area contributed by atoms with Crippen molar-refractivity contribution >= 4 is 29.2 Å². The molecule has 1 unspecified atom stereocenters. The van der Waals surface area contributed by atoms with E-state index < -0.39 is 11.6 Å². The monoisotopic (exact) mass is 298 g/mol. The van der Waals surface area contributed by atoms with Crippen LogP contribution < -0.4 is 16.1 Å². The van der Waals surface area contributed by atoms with Crippen LogP contribution in [0.1, 0.15) is 25.3 Å². The summed E-state index contributed by atoms with van der Waals surface area (Å²) >= 11 is 4.55. The van der Waals surface area contributed by atoms with Crippen LogP contribution in [0.15, 0.2) is 17.2 Å². The van der Waals surface area contributed by atoms with Gasteiger partial charge in [-0.25, -0.2) is 8.78 Å². The first-order valence-corrected chi connectivity index (χ1v) is 6.74. The van der Waals surface area contributed by atoms with E-state index in [1.165, 1.54) is 6.07 Å². The van der Waals surface area contributed by atoms with Crippen LogP contribution in [0, 0.1) is 11.6 Å². The van der Waals surface area contributed by atoms with Crippen LogP contribution in [0.5, 0.6) is 0 Å². The van der Waals surface area contributed by atoms with Crippen molar-refractivity contribution in [3.8, 4) is 0 Å². The summed E-state index contributed by atoms with van der Waals surface area (Å²) in [6.45, 7) is 2.75. The maximum absolute atomic E-state index is 14.1. The fraction of sp³-hybridized carbons (Fsp3) is 0.385. The van der Waals surface area contributed by atoms with Gasteiger partial charge in [0, 0.05) is 24.2 Å². The van der Waals surface area contributed by atoms with Crippen LogP contribution in [-0.4, -0.2) is 23.9 Å². The lowest BCUT2D eigenvalue weighted by atomic mass is 10.1. The SMILES string of the molecule is CC1CCCN1c1cc(F)c(/C=N/NC(N)=S)cc1F. The minimum atomic E-state index is -0.533. The van der Waals surface area contributed by atoms with Crippen molar-refractivity contribution in [2.24, 2.45) is 10.8 Å². The number of nitrogens with one attached hydrogen (secondary N) is 1. The number of hydrazone groups is 1.